The third kappa shape index (κ3) is 2.51. The first-order chi connectivity index (χ1) is 12.5. The van der Waals surface area contributed by atoms with E-state index >= 15 is 0 Å². The monoisotopic (exact) mass is 343 g/mol. The van der Waals surface area contributed by atoms with Crippen molar-refractivity contribution in [2.45, 2.75) is 19.8 Å². The highest BCUT2D eigenvalue weighted by Gasteiger charge is 2.57. The second-order valence-electron chi connectivity index (χ2n) is 7.06. The Morgan fingerprint density at radius 1 is 1.27 bits per heavy atom. The Morgan fingerprint density at radius 3 is 2.58 bits per heavy atom. The van der Waals surface area contributed by atoms with Crippen molar-refractivity contribution in [1.29, 1.82) is 21.2 Å². The maximum Gasteiger partial charge on any atom is 0.189 e. The second-order valence-corrected chi connectivity index (χ2v) is 7.06. The summed E-state index contributed by atoms with van der Waals surface area (Å²) in [6, 6.07) is 14.3. The van der Waals surface area contributed by atoms with Crippen molar-refractivity contribution in [1.82, 2.24) is 4.90 Å². The van der Waals surface area contributed by atoms with Crippen molar-refractivity contribution in [2.24, 2.45) is 17.3 Å². The van der Waals surface area contributed by atoms with Crippen LogP contribution in [0.3, 0.4) is 0 Å². The average molecular weight is 343 g/mol. The third-order valence-corrected chi connectivity index (χ3v) is 5.71. The predicted molar refractivity (Wildman–Crippen MR) is 98.1 cm³/mol. The minimum absolute atomic E-state index is 0.0797. The highest BCUT2D eigenvalue weighted by atomic mass is 15.1. The number of hydrogen-bond acceptors (Lipinski definition) is 5. The van der Waals surface area contributed by atoms with Gasteiger partial charge in [-0.1, -0.05) is 42.8 Å². The number of rotatable bonds is 2. The van der Waals surface area contributed by atoms with Crippen LogP contribution in [0.15, 0.2) is 35.9 Å². The van der Waals surface area contributed by atoms with E-state index in [9.17, 15) is 15.8 Å². The van der Waals surface area contributed by atoms with Crippen LogP contribution in [0.25, 0.3) is 0 Å². The van der Waals surface area contributed by atoms with Gasteiger partial charge < -0.3 is 5.41 Å². The Hall–Kier alpha value is -2.94. The van der Waals surface area contributed by atoms with E-state index in [4.69, 9.17) is 5.41 Å². The molecule has 5 nitrogen and oxygen atoms in total. The van der Waals surface area contributed by atoms with Crippen molar-refractivity contribution < 1.29 is 0 Å². The molecule has 3 rings (SSSR count). The molecule has 3 unspecified atom stereocenters. The standard InChI is InChI=1S/C21H21N5/c1-3-26-8-7-16-17(10-22)20(25)21(12-23,13-24)19(18(16)11-26)15-6-4-5-14(2)9-15/h4-7,9,17-19,25H,3,8,11H2,1-2H3. The SMILES string of the molecule is CCN1CC=C2C(C#N)C(=N)C(C#N)(C#N)C(c3cccc(C)c3)C2C1. The van der Waals surface area contributed by atoms with Gasteiger partial charge in [-0.2, -0.15) is 15.8 Å². The molecule has 1 N–H and O–H groups in total. The molecule has 0 bridgehead atoms. The summed E-state index contributed by atoms with van der Waals surface area (Å²) in [4.78, 5) is 2.25. The van der Waals surface area contributed by atoms with Crippen LogP contribution in [0.1, 0.15) is 24.0 Å². The van der Waals surface area contributed by atoms with Crippen molar-refractivity contribution in [3.05, 3.63) is 47.0 Å². The zero-order chi connectivity index (χ0) is 18.9. The van der Waals surface area contributed by atoms with Gasteiger partial charge in [0.1, 0.15) is 5.92 Å². The number of aryl methyl sites for hydroxylation is 1. The molecule has 130 valence electrons. The summed E-state index contributed by atoms with van der Waals surface area (Å²) >= 11 is 0. The Labute approximate surface area is 154 Å². The van der Waals surface area contributed by atoms with Crippen molar-refractivity contribution >= 4 is 5.71 Å². The largest absolute Gasteiger partial charge is 0.305 e. The smallest absolute Gasteiger partial charge is 0.189 e. The molecular formula is C21H21N5. The molecule has 2 aliphatic rings. The van der Waals surface area contributed by atoms with Gasteiger partial charge in [-0.05, 0) is 24.6 Å². The molecule has 1 aromatic carbocycles. The summed E-state index contributed by atoms with van der Waals surface area (Å²) in [5, 5.41) is 38.2. The normalized spacial score (nSPS) is 27.4. The van der Waals surface area contributed by atoms with Crippen molar-refractivity contribution in [3.8, 4) is 18.2 Å². The van der Waals surface area contributed by atoms with Crippen LogP contribution < -0.4 is 0 Å². The first kappa shape index (κ1) is 17.9. The van der Waals surface area contributed by atoms with Crippen LogP contribution in [0.2, 0.25) is 0 Å². The quantitative estimate of drug-likeness (QED) is 0.834. The highest BCUT2D eigenvalue weighted by molar-refractivity contribution is 6.00. The third-order valence-electron chi connectivity index (χ3n) is 5.71. The molecule has 0 amide bonds. The lowest BCUT2D eigenvalue weighted by Crippen LogP contribution is -2.52. The maximum atomic E-state index is 9.98. The van der Waals surface area contributed by atoms with Crippen LogP contribution >= 0.6 is 0 Å². The Bertz CT molecular complexity index is 878. The summed E-state index contributed by atoms with van der Waals surface area (Å²) in [6.07, 6.45) is 2.03. The van der Waals surface area contributed by atoms with Gasteiger partial charge >= 0.3 is 0 Å². The van der Waals surface area contributed by atoms with Crippen LogP contribution in [-0.2, 0) is 0 Å². The fourth-order valence-corrected chi connectivity index (χ4v) is 4.37. The van der Waals surface area contributed by atoms with Crippen LogP contribution in [-0.4, -0.2) is 30.2 Å². The minimum atomic E-state index is -1.62. The number of fused-ring (bicyclic) bond motifs is 1. The summed E-state index contributed by atoms with van der Waals surface area (Å²) in [6.45, 7) is 6.35. The number of hydrogen-bond donors (Lipinski definition) is 1. The lowest BCUT2D eigenvalue weighted by molar-refractivity contribution is 0.212. The zero-order valence-corrected chi connectivity index (χ0v) is 15.0. The lowest BCUT2D eigenvalue weighted by Gasteiger charge is -2.47. The molecule has 1 aliphatic heterocycles. The van der Waals surface area contributed by atoms with E-state index in [-0.39, 0.29) is 11.6 Å². The van der Waals surface area contributed by atoms with Gasteiger partial charge in [-0.3, -0.25) is 4.90 Å². The maximum absolute atomic E-state index is 9.98. The molecule has 1 fully saturated rings. The average Bonchev–Trinajstić information content (AvgIpc) is 2.66. The van der Waals surface area contributed by atoms with Crippen LogP contribution in [0, 0.1) is 63.6 Å². The predicted octanol–water partition coefficient (Wildman–Crippen LogP) is 3.16. The Morgan fingerprint density at radius 2 is 2.00 bits per heavy atom. The summed E-state index contributed by atoms with van der Waals surface area (Å²) in [7, 11) is 0. The molecule has 0 spiro atoms. The van der Waals surface area contributed by atoms with Crippen molar-refractivity contribution in [2.75, 3.05) is 19.6 Å². The molecule has 3 atom stereocenters. The highest BCUT2D eigenvalue weighted by Crippen LogP contribution is 2.53. The summed E-state index contributed by atoms with van der Waals surface area (Å²) in [5.41, 5.74) is 1.14. The zero-order valence-electron chi connectivity index (χ0n) is 15.0. The molecule has 0 aromatic heterocycles. The molecule has 1 aliphatic carbocycles. The molecule has 1 saturated carbocycles. The van der Waals surface area contributed by atoms with Gasteiger partial charge in [0.2, 0.25) is 0 Å². The van der Waals surface area contributed by atoms with E-state index in [2.05, 4.69) is 30.0 Å². The number of nitriles is 3. The Kier molecular flexibility index (Phi) is 4.64. The fraction of sp³-hybridized carbons (Fsp3) is 0.429. The van der Waals surface area contributed by atoms with Gasteiger partial charge in [-0.15, -0.1) is 0 Å². The molecule has 26 heavy (non-hydrogen) atoms. The number of likely N-dealkylation sites (N-methyl/N-ethyl adjacent to an activating group) is 1. The van der Waals surface area contributed by atoms with E-state index in [0.29, 0.717) is 6.54 Å². The molecule has 0 radical (unpaired) electrons. The van der Waals surface area contributed by atoms with E-state index in [1.54, 1.807) is 0 Å². The summed E-state index contributed by atoms with van der Waals surface area (Å²) < 4.78 is 0. The van der Waals surface area contributed by atoms with E-state index < -0.39 is 17.3 Å². The lowest BCUT2D eigenvalue weighted by atomic mass is 9.54. The van der Waals surface area contributed by atoms with Gasteiger partial charge in [0.05, 0.1) is 23.9 Å². The van der Waals surface area contributed by atoms with E-state index in [1.807, 2.05) is 37.3 Å². The van der Waals surface area contributed by atoms with Gasteiger partial charge in [0.15, 0.2) is 5.41 Å². The first-order valence-electron chi connectivity index (χ1n) is 8.82. The van der Waals surface area contributed by atoms with Crippen LogP contribution in [0.4, 0.5) is 0 Å². The second kappa shape index (κ2) is 6.75. The summed E-state index contributed by atoms with van der Waals surface area (Å²) in [5.74, 6) is -1.36. The van der Waals surface area contributed by atoms with E-state index in [1.165, 1.54) is 0 Å². The number of benzene rings is 1. The first-order valence-corrected chi connectivity index (χ1v) is 8.82. The topological polar surface area (TPSA) is 98.5 Å². The van der Waals surface area contributed by atoms with E-state index in [0.717, 1.165) is 29.8 Å². The van der Waals surface area contributed by atoms with Crippen LogP contribution in [0.5, 0.6) is 0 Å². The number of nitrogens with zero attached hydrogens (tertiary/aromatic N) is 4. The minimum Gasteiger partial charge on any atom is -0.305 e. The fourth-order valence-electron chi connectivity index (χ4n) is 4.37. The van der Waals surface area contributed by atoms with Crippen molar-refractivity contribution in [3.63, 3.8) is 0 Å². The molecule has 5 heteroatoms. The molecule has 0 saturated heterocycles. The Balaban J connectivity index is 2.26. The number of nitrogens with one attached hydrogen (secondary N) is 1. The molecule has 1 aromatic rings. The van der Waals surface area contributed by atoms with Gasteiger partial charge in [-0.25, -0.2) is 0 Å². The molecule has 1 heterocycles. The van der Waals surface area contributed by atoms with Gasteiger partial charge in [0.25, 0.3) is 0 Å². The molecular weight excluding hydrogens is 322 g/mol. The van der Waals surface area contributed by atoms with Gasteiger partial charge in [0, 0.05) is 24.9 Å².